The van der Waals surface area contributed by atoms with Crippen LogP contribution in [0.3, 0.4) is 0 Å². The Bertz CT molecular complexity index is 888. The molecule has 7 heteroatoms. The molecule has 0 radical (unpaired) electrons. The summed E-state index contributed by atoms with van der Waals surface area (Å²) in [6.45, 7) is 12.7. The molecule has 3 rings (SSSR count). The number of hydrogen-bond acceptors (Lipinski definition) is 2. The van der Waals surface area contributed by atoms with Gasteiger partial charge in [-0.3, -0.25) is 0 Å². The minimum atomic E-state index is 0. The van der Waals surface area contributed by atoms with Gasteiger partial charge in [0.2, 0.25) is 5.36 Å². The summed E-state index contributed by atoms with van der Waals surface area (Å²) in [6.07, 6.45) is 0. The summed E-state index contributed by atoms with van der Waals surface area (Å²) < 4.78 is 8.59. The molecular weight excluding hydrogens is 458 g/mol. The molecule has 1 aromatic rings. The van der Waals surface area contributed by atoms with E-state index in [2.05, 4.69) is 79.6 Å². The molecule has 1 aliphatic heterocycles. The molecule has 0 saturated heterocycles. The number of anilines is 1. The van der Waals surface area contributed by atoms with E-state index in [1.807, 2.05) is 0 Å². The molecule has 0 atom stereocenters. The van der Waals surface area contributed by atoms with Gasteiger partial charge in [-0.15, -0.1) is 0 Å². The number of nitrogens with zero attached hydrogens (tertiary/aromatic N) is 2. The average molecular weight is 486 g/mol. The van der Waals surface area contributed by atoms with Gasteiger partial charge >= 0.3 is 17.1 Å². The van der Waals surface area contributed by atoms with Crippen molar-refractivity contribution in [1.29, 1.82) is 0 Å². The molecule has 3 nitrogen and oxygen atoms in total. The van der Waals surface area contributed by atoms with Crippen LogP contribution in [0.5, 0.6) is 0 Å². The van der Waals surface area contributed by atoms with Crippen LogP contribution in [-0.4, -0.2) is 26.2 Å². The largest absolute Gasteiger partial charge is 2.00 e. The molecule has 28 heavy (non-hydrogen) atoms. The minimum absolute atomic E-state index is 0. The summed E-state index contributed by atoms with van der Waals surface area (Å²) in [4.78, 5) is 2.34. The summed E-state index contributed by atoms with van der Waals surface area (Å²) in [5, 5.41) is 2.37. The quantitative estimate of drug-likeness (QED) is 0.205. The first kappa shape index (κ1) is 29.3. The molecule has 0 spiro atoms. The third-order valence-corrected chi connectivity index (χ3v) is 4.78. The Morgan fingerprint density at radius 1 is 0.821 bits per heavy atom. The van der Waals surface area contributed by atoms with Gasteiger partial charge in [0, 0.05) is 41.9 Å². The predicted octanol–water partition coefficient (Wildman–Crippen LogP) is -4.79. The molecule has 1 aliphatic carbocycles. The van der Waals surface area contributed by atoms with E-state index in [4.69, 9.17) is 4.42 Å². The first-order chi connectivity index (χ1) is 11.7. The van der Waals surface area contributed by atoms with E-state index in [9.17, 15) is 0 Å². The molecule has 0 bridgehead atoms. The standard InChI is InChI=1S/C21H27N2O.3ClH.Fe/c1-5-22(6-2)18-11-9-16-13-17-10-12-19(23(7-3)8-4)15-21(17)24-20(16)14-18;;;;/h9-15H,5-8H2,1-4H3;3*1H;/q+1;;;;+2/p-3. The molecular formula is C21H27Cl3FeN2O. The smallest absolute Gasteiger partial charge is 1.00 e. The second-order valence-electron chi connectivity index (χ2n) is 6.04. The summed E-state index contributed by atoms with van der Waals surface area (Å²) in [6, 6.07) is 15.2. The molecule has 0 fully saturated rings. The van der Waals surface area contributed by atoms with Crippen molar-refractivity contribution in [2.75, 3.05) is 31.1 Å². The van der Waals surface area contributed by atoms with Crippen molar-refractivity contribution in [2.24, 2.45) is 0 Å². The van der Waals surface area contributed by atoms with Crippen molar-refractivity contribution in [3.8, 4) is 11.3 Å². The van der Waals surface area contributed by atoms with Gasteiger partial charge in [0.25, 0.3) is 0 Å². The maximum atomic E-state index is 6.25. The zero-order chi connectivity index (χ0) is 17.1. The summed E-state index contributed by atoms with van der Waals surface area (Å²) in [7, 11) is 0. The van der Waals surface area contributed by atoms with Crippen LogP contribution in [0, 0.1) is 0 Å². The van der Waals surface area contributed by atoms with E-state index in [0.717, 1.165) is 48.5 Å². The van der Waals surface area contributed by atoms with Crippen molar-refractivity contribution < 1.29 is 58.7 Å². The normalized spacial score (nSPS) is 9.57. The van der Waals surface area contributed by atoms with Gasteiger partial charge in [0.15, 0.2) is 0 Å². The number of benzene rings is 2. The van der Waals surface area contributed by atoms with E-state index in [1.165, 1.54) is 11.0 Å². The van der Waals surface area contributed by atoms with E-state index in [0.29, 0.717) is 0 Å². The Morgan fingerprint density at radius 3 is 2.04 bits per heavy atom. The summed E-state index contributed by atoms with van der Waals surface area (Å²) in [5.74, 6) is 0.948. The number of fused-ring (bicyclic) bond motifs is 2. The zero-order valence-corrected chi connectivity index (χ0v) is 20.0. The van der Waals surface area contributed by atoms with Crippen LogP contribution < -0.4 is 52.1 Å². The molecule has 1 aromatic carbocycles. The number of hydrogen-bond donors (Lipinski definition) is 0. The van der Waals surface area contributed by atoms with Gasteiger partial charge in [0.05, 0.1) is 6.07 Å². The Labute approximate surface area is 197 Å². The van der Waals surface area contributed by atoms with Gasteiger partial charge in [0.1, 0.15) is 24.4 Å². The fraction of sp³-hybridized carbons (Fsp3) is 0.381. The van der Waals surface area contributed by atoms with E-state index < -0.39 is 0 Å². The van der Waals surface area contributed by atoms with Crippen LogP contribution in [0.15, 0.2) is 46.9 Å². The Kier molecular flexibility index (Phi) is 14.0. The topological polar surface area (TPSA) is 19.4 Å². The van der Waals surface area contributed by atoms with Crippen LogP contribution in [0.1, 0.15) is 27.7 Å². The van der Waals surface area contributed by atoms with Crippen molar-refractivity contribution >= 4 is 16.7 Å². The van der Waals surface area contributed by atoms with E-state index in [-0.39, 0.29) is 54.3 Å². The zero-order valence-electron chi connectivity index (χ0n) is 16.7. The van der Waals surface area contributed by atoms with Gasteiger partial charge in [-0.25, -0.2) is 4.58 Å². The van der Waals surface area contributed by atoms with Crippen LogP contribution in [-0.2, 0) is 17.1 Å². The van der Waals surface area contributed by atoms with Gasteiger partial charge in [-0.05, 0) is 52.0 Å². The molecule has 156 valence electrons. The second kappa shape index (κ2) is 13.3. The fourth-order valence-electron chi connectivity index (χ4n) is 3.32. The Hall–Kier alpha value is -0.901. The molecule has 1 heterocycles. The van der Waals surface area contributed by atoms with Crippen LogP contribution in [0.4, 0.5) is 5.69 Å². The Morgan fingerprint density at radius 2 is 1.46 bits per heavy atom. The minimum Gasteiger partial charge on any atom is -1.00 e. The Balaban J connectivity index is 0. The maximum absolute atomic E-state index is 6.25. The molecule has 0 amide bonds. The molecule has 0 aromatic heterocycles. The molecule has 0 N–H and O–H groups in total. The number of halogens is 3. The van der Waals surface area contributed by atoms with Crippen LogP contribution in [0.25, 0.3) is 22.3 Å². The monoisotopic (exact) mass is 484 g/mol. The summed E-state index contributed by atoms with van der Waals surface area (Å²) in [5.41, 5.74) is 3.31. The number of rotatable bonds is 5. The molecule has 2 aliphatic rings. The third-order valence-electron chi connectivity index (χ3n) is 4.78. The molecule has 0 saturated carbocycles. The third kappa shape index (κ3) is 6.05. The van der Waals surface area contributed by atoms with E-state index >= 15 is 0 Å². The van der Waals surface area contributed by atoms with E-state index in [1.54, 1.807) is 0 Å². The van der Waals surface area contributed by atoms with Gasteiger partial charge in [-0.2, -0.15) is 0 Å². The van der Waals surface area contributed by atoms with Gasteiger partial charge < -0.3 is 46.5 Å². The first-order valence-electron chi connectivity index (χ1n) is 9.00. The second-order valence-corrected chi connectivity index (χ2v) is 6.04. The average Bonchev–Trinajstić information content (AvgIpc) is 2.62. The van der Waals surface area contributed by atoms with Crippen molar-refractivity contribution in [2.45, 2.75) is 27.7 Å². The van der Waals surface area contributed by atoms with Crippen molar-refractivity contribution in [3.63, 3.8) is 0 Å². The predicted molar refractivity (Wildman–Crippen MR) is 103 cm³/mol. The van der Waals surface area contributed by atoms with Crippen molar-refractivity contribution in [3.05, 3.63) is 47.8 Å². The maximum Gasteiger partial charge on any atom is 2.00 e. The fourth-order valence-corrected chi connectivity index (χ4v) is 3.32. The van der Waals surface area contributed by atoms with Gasteiger partial charge in [-0.1, -0.05) is 0 Å². The first-order valence-corrected chi connectivity index (χ1v) is 9.00. The van der Waals surface area contributed by atoms with Crippen LogP contribution in [0.2, 0.25) is 0 Å². The van der Waals surface area contributed by atoms with Crippen LogP contribution >= 0.6 is 0 Å². The molecule has 0 unspecified atom stereocenters. The summed E-state index contributed by atoms with van der Waals surface area (Å²) >= 11 is 0. The SMILES string of the molecule is CCN(CC)c1ccc2cc3ccc(=[N+](CC)CC)cc-3oc2c1.[Cl-].[Cl-].[Cl-].[Fe+2]. The van der Waals surface area contributed by atoms with Crippen molar-refractivity contribution in [1.82, 2.24) is 4.58 Å².